The van der Waals surface area contributed by atoms with Gasteiger partial charge in [-0.1, -0.05) is 42.5 Å². The van der Waals surface area contributed by atoms with Crippen LogP contribution in [0.25, 0.3) is 20.5 Å². The zero-order chi connectivity index (χ0) is 14.1. The number of nitrogens with two attached hydrogens (primary N) is 1. The Balaban J connectivity index is 1.99. The largest absolute Gasteiger partial charge is 0.374 e. The molecule has 0 atom stereocenters. The fourth-order valence-corrected chi connectivity index (χ4v) is 3.73. The van der Waals surface area contributed by atoms with Crippen molar-refractivity contribution in [1.29, 1.82) is 0 Å². The molecule has 102 valence electrons. The van der Waals surface area contributed by atoms with E-state index >= 15 is 0 Å². The molecule has 0 aliphatic heterocycles. The highest BCUT2D eigenvalue weighted by Crippen LogP contribution is 2.36. The summed E-state index contributed by atoms with van der Waals surface area (Å²) in [7, 11) is 0. The zero-order valence-electron chi connectivity index (χ0n) is 11.3. The van der Waals surface area contributed by atoms with Gasteiger partial charge in [0.15, 0.2) is 5.01 Å². The van der Waals surface area contributed by atoms with Gasteiger partial charge < -0.3 is 5.73 Å². The Morgan fingerprint density at radius 2 is 1.80 bits per heavy atom. The molecule has 0 spiro atoms. The summed E-state index contributed by atoms with van der Waals surface area (Å²) in [5.41, 5.74) is 9.09. The molecule has 0 radical (unpaired) electrons. The summed E-state index contributed by atoms with van der Waals surface area (Å²) in [6.45, 7) is 4.15. The molecule has 4 nitrogen and oxygen atoms in total. The molecule has 0 saturated carbocycles. The highest BCUT2D eigenvalue weighted by atomic mass is 32.1. The van der Waals surface area contributed by atoms with Gasteiger partial charge in [-0.3, -0.25) is 0 Å². The number of hydrogen-bond donors (Lipinski definition) is 1. The van der Waals surface area contributed by atoms with Gasteiger partial charge in [-0.2, -0.15) is 0 Å². The summed E-state index contributed by atoms with van der Waals surface area (Å²) in [6.07, 6.45) is 1.05. The van der Waals surface area contributed by atoms with E-state index in [9.17, 15) is 0 Å². The van der Waals surface area contributed by atoms with Crippen molar-refractivity contribution < 1.29 is 0 Å². The van der Waals surface area contributed by atoms with E-state index in [1.165, 1.54) is 16.9 Å². The smallest absolute Gasteiger partial charge is 0.203 e. The van der Waals surface area contributed by atoms with Gasteiger partial charge in [0.1, 0.15) is 5.01 Å². The number of nitrogen functional groups attached to an aromatic ring is 1. The predicted molar refractivity (Wildman–Crippen MR) is 85.0 cm³/mol. The number of thiazole rings is 1. The summed E-state index contributed by atoms with van der Waals surface area (Å²) in [5.74, 6) is 0. The molecule has 2 heterocycles. The maximum atomic E-state index is 5.65. The van der Waals surface area contributed by atoms with Crippen LogP contribution in [0.4, 0.5) is 5.13 Å². The molecule has 3 rings (SSSR count). The van der Waals surface area contributed by atoms with Crippen molar-refractivity contribution in [3.8, 4) is 20.5 Å². The van der Waals surface area contributed by atoms with Crippen LogP contribution in [-0.2, 0) is 6.42 Å². The van der Waals surface area contributed by atoms with Crippen LogP contribution in [0, 0.1) is 6.92 Å². The van der Waals surface area contributed by atoms with E-state index in [1.807, 2.05) is 6.92 Å². The molecule has 0 fully saturated rings. The van der Waals surface area contributed by atoms with Crippen LogP contribution in [0.1, 0.15) is 18.2 Å². The van der Waals surface area contributed by atoms with E-state index in [1.54, 1.807) is 11.3 Å². The lowest BCUT2D eigenvalue weighted by molar-refractivity contribution is 1.10. The number of hydrogen-bond acceptors (Lipinski definition) is 6. The molecule has 2 N–H and O–H groups in total. The van der Waals surface area contributed by atoms with Crippen molar-refractivity contribution in [1.82, 2.24) is 15.2 Å². The van der Waals surface area contributed by atoms with Crippen molar-refractivity contribution in [2.75, 3.05) is 5.73 Å². The van der Waals surface area contributed by atoms with E-state index in [0.717, 1.165) is 32.6 Å². The van der Waals surface area contributed by atoms with Gasteiger partial charge in [0.05, 0.1) is 10.6 Å². The number of rotatable bonds is 3. The van der Waals surface area contributed by atoms with Crippen LogP contribution in [0.15, 0.2) is 24.3 Å². The third kappa shape index (κ3) is 2.44. The minimum Gasteiger partial charge on any atom is -0.374 e. The number of nitrogens with zero attached hydrogens (tertiary/aromatic N) is 3. The summed E-state index contributed by atoms with van der Waals surface area (Å²) >= 11 is 3.03. The minimum absolute atomic E-state index is 0.488. The average molecular weight is 302 g/mol. The first-order valence-corrected chi connectivity index (χ1v) is 7.96. The van der Waals surface area contributed by atoms with Crippen LogP contribution in [0.3, 0.4) is 0 Å². The van der Waals surface area contributed by atoms with Crippen molar-refractivity contribution in [3.05, 3.63) is 35.5 Å². The van der Waals surface area contributed by atoms with E-state index in [-0.39, 0.29) is 0 Å². The van der Waals surface area contributed by atoms with Crippen LogP contribution in [-0.4, -0.2) is 15.2 Å². The first kappa shape index (κ1) is 13.2. The Morgan fingerprint density at radius 1 is 1.05 bits per heavy atom. The first-order valence-electron chi connectivity index (χ1n) is 6.33. The SMILES string of the molecule is CCc1ccc(-c2nc(C)c(-c3nnc(N)s3)s2)cc1. The van der Waals surface area contributed by atoms with Crippen LogP contribution in [0.5, 0.6) is 0 Å². The number of anilines is 1. The summed E-state index contributed by atoms with van der Waals surface area (Å²) in [6, 6.07) is 8.54. The first-order chi connectivity index (χ1) is 9.67. The van der Waals surface area contributed by atoms with Crippen LogP contribution < -0.4 is 5.73 Å². The quantitative estimate of drug-likeness (QED) is 0.799. The molecule has 0 unspecified atom stereocenters. The molecule has 3 aromatic rings. The highest BCUT2D eigenvalue weighted by Gasteiger charge is 2.14. The van der Waals surface area contributed by atoms with Crippen molar-refractivity contribution in [3.63, 3.8) is 0 Å². The second kappa shape index (κ2) is 5.30. The molecule has 6 heteroatoms. The van der Waals surface area contributed by atoms with E-state index < -0.39 is 0 Å². The standard InChI is InChI=1S/C14H14N4S2/c1-3-9-4-6-10(7-5-9)12-16-8(2)11(19-12)13-17-18-14(15)20-13/h4-7H,3H2,1-2H3,(H2,15,18). The lowest BCUT2D eigenvalue weighted by Crippen LogP contribution is -1.81. The predicted octanol–water partition coefficient (Wildman–Crippen LogP) is 3.78. The van der Waals surface area contributed by atoms with Gasteiger partial charge >= 0.3 is 0 Å². The Morgan fingerprint density at radius 3 is 2.40 bits per heavy atom. The van der Waals surface area contributed by atoms with Gasteiger partial charge in [0, 0.05) is 5.56 Å². The summed E-state index contributed by atoms with van der Waals surface area (Å²) in [5, 5.41) is 10.3. The maximum absolute atomic E-state index is 5.65. The normalized spacial score (nSPS) is 10.9. The molecule has 2 aromatic heterocycles. The summed E-state index contributed by atoms with van der Waals surface area (Å²) < 4.78 is 0. The third-order valence-electron chi connectivity index (χ3n) is 3.04. The molecule has 1 aromatic carbocycles. The Labute approximate surface area is 125 Å². The highest BCUT2D eigenvalue weighted by molar-refractivity contribution is 7.24. The lowest BCUT2D eigenvalue weighted by Gasteiger charge is -1.98. The van der Waals surface area contributed by atoms with Gasteiger partial charge in [0.25, 0.3) is 0 Å². The van der Waals surface area contributed by atoms with Gasteiger partial charge in [-0.15, -0.1) is 21.5 Å². The maximum Gasteiger partial charge on any atom is 0.203 e. The topological polar surface area (TPSA) is 64.7 Å². The molecule has 0 aliphatic rings. The summed E-state index contributed by atoms with van der Waals surface area (Å²) in [4.78, 5) is 5.69. The fraction of sp³-hybridized carbons (Fsp3) is 0.214. The second-order valence-corrected chi connectivity index (χ2v) is 6.44. The molecule has 0 aliphatic carbocycles. The molecule has 0 saturated heterocycles. The minimum atomic E-state index is 0.488. The van der Waals surface area contributed by atoms with E-state index in [0.29, 0.717) is 5.13 Å². The monoisotopic (exact) mass is 302 g/mol. The lowest BCUT2D eigenvalue weighted by atomic mass is 10.1. The molecule has 0 bridgehead atoms. The van der Waals surface area contributed by atoms with E-state index in [4.69, 9.17) is 5.73 Å². The van der Waals surface area contributed by atoms with Crippen molar-refractivity contribution >= 4 is 27.8 Å². The molecular weight excluding hydrogens is 288 g/mol. The number of aryl methyl sites for hydroxylation is 2. The van der Waals surface area contributed by atoms with Gasteiger partial charge in [0.2, 0.25) is 5.13 Å². The van der Waals surface area contributed by atoms with Crippen LogP contribution >= 0.6 is 22.7 Å². The van der Waals surface area contributed by atoms with Crippen molar-refractivity contribution in [2.45, 2.75) is 20.3 Å². The van der Waals surface area contributed by atoms with Gasteiger partial charge in [-0.05, 0) is 18.9 Å². The van der Waals surface area contributed by atoms with Gasteiger partial charge in [-0.25, -0.2) is 4.98 Å². The zero-order valence-corrected chi connectivity index (χ0v) is 12.9. The molecular formula is C14H14N4S2. The van der Waals surface area contributed by atoms with E-state index in [2.05, 4.69) is 46.4 Å². The third-order valence-corrected chi connectivity index (χ3v) is 5.15. The van der Waals surface area contributed by atoms with Crippen molar-refractivity contribution in [2.24, 2.45) is 0 Å². The number of benzene rings is 1. The Bertz CT molecular complexity index is 728. The Kier molecular flexibility index (Phi) is 3.50. The van der Waals surface area contributed by atoms with Crippen LogP contribution in [0.2, 0.25) is 0 Å². The molecule has 20 heavy (non-hydrogen) atoms. The fourth-order valence-electron chi connectivity index (χ4n) is 1.93. The Hall–Kier alpha value is -1.79. The second-order valence-electron chi connectivity index (χ2n) is 4.43. The number of aromatic nitrogens is 3. The average Bonchev–Trinajstić information content (AvgIpc) is 3.05. The molecule has 0 amide bonds.